The Labute approximate surface area is 209 Å². The van der Waals surface area contributed by atoms with Gasteiger partial charge in [-0.15, -0.1) is 10.2 Å². The van der Waals surface area contributed by atoms with E-state index >= 15 is 0 Å². The van der Waals surface area contributed by atoms with Gasteiger partial charge in [0, 0.05) is 36.6 Å². The van der Waals surface area contributed by atoms with Crippen LogP contribution >= 0.6 is 23.1 Å². The number of hydrogen-bond acceptors (Lipinski definition) is 9. The number of benzene rings is 2. The molecule has 0 aliphatic carbocycles. The summed E-state index contributed by atoms with van der Waals surface area (Å²) in [5, 5.41) is 18.3. The Morgan fingerprint density at radius 1 is 1.03 bits per heavy atom. The second kappa shape index (κ2) is 9.86. The van der Waals surface area contributed by atoms with E-state index in [-0.39, 0.29) is 5.82 Å². The zero-order valence-corrected chi connectivity index (χ0v) is 20.4. The number of morpholine rings is 1. The number of nitrogens with zero attached hydrogens (tertiary/aromatic N) is 6. The third-order valence-corrected chi connectivity index (χ3v) is 7.65. The molecule has 0 atom stereocenters. The minimum absolute atomic E-state index is 0.274. The fraction of sp³-hybridized carbons (Fsp3) is 0.250. The summed E-state index contributed by atoms with van der Waals surface area (Å²) in [5.41, 5.74) is 3.18. The van der Waals surface area contributed by atoms with E-state index in [0.29, 0.717) is 10.8 Å². The van der Waals surface area contributed by atoms with Gasteiger partial charge in [0.05, 0.1) is 29.1 Å². The van der Waals surface area contributed by atoms with Crippen LogP contribution in [-0.2, 0) is 4.74 Å². The summed E-state index contributed by atoms with van der Waals surface area (Å²) in [6.45, 7) is 5.43. The lowest BCUT2D eigenvalue weighted by molar-refractivity contribution is 0.0398. The SMILES string of the molecule is Fc1ccc(-c2ccc3nnc(Sc4ccc5nc(NCCN6CCOCC6)sc5c4)n3n2)cc1. The van der Waals surface area contributed by atoms with Gasteiger partial charge < -0.3 is 10.1 Å². The minimum Gasteiger partial charge on any atom is -0.379 e. The number of nitrogens with one attached hydrogen (secondary N) is 1. The molecular weight excluding hydrogens is 485 g/mol. The van der Waals surface area contributed by atoms with Gasteiger partial charge in [-0.05, 0) is 66.4 Å². The third kappa shape index (κ3) is 4.98. The number of thiazole rings is 1. The molecule has 0 amide bonds. The van der Waals surface area contributed by atoms with Crippen LogP contribution in [0.25, 0.3) is 27.1 Å². The molecule has 1 saturated heterocycles. The molecular formula is C24H22FN7OS2. The summed E-state index contributed by atoms with van der Waals surface area (Å²) in [6, 6.07) is 16.2. The predicted octanol–water partition coefficient (Wildman–Crippen LogP) is 4.44. The van der Waals surface area contributed by atoms with Crippen molar-refractivity contribution in [1.29, 1.82) is 0 Å². The predicted molar refractivity (Wildman–Crippen MR) is 136 cm³/mol. The van der Waals surface area contributed by atoms with Crippen LogP contribution in [0, 0.1) is 5.82 Å². The van der Waals surface area contributed by atoms with Crippen molar-refractivity contribution >= 4 is 44.1 Å². The summed E-state index contributed by atoms with van der Waals surface area (Å²) in [7, 11) is 0. The van der Waals surface area contributed by atoms with Crippen LogP contribution in [0.1, 0.15) is 0 Å². The molecule has 8 nitrogen and oxygen atoms in total. The fourth-order valence-electron chi connectivity index (χ4n) is 3.90. The highest BCUT2D eigenvalue weighted by molar-refractivity contribution is 7.99. The number of anilines is 1. The van der Waals surface area contributed by atoms with Crippen LogP contribution in [0.3, 0.4) is 0 Å². The Bertz CT molecular complexity index is 1460. The van der Waals surface area contributed by atoms with Crippen molar-refractivity contribution in [3.63, 3.8) is 0 Å². The van der Waals surface area contributed by atoms with E-state index in [1.807, 2.05) is 24.3 Å². The van der Waals surface area contributed by atoms with E-state index in [0.717, 1.165) is 70.9 Å². The van der Waals surface area contributed by atoms with Gasteiger partial charge in [0.15, 0.2) is 10.8 Å². The normalized spacial score (nSPS) is 14.7. The van der Waals surface area contributed by atoms with Crippen LogP contribution in [0.4, 0.5) is 9.52 Å². The quantitative estimate of drug-likeness (QED) is 0.347. The van der Waals surface area contributed by atoms with Gasteiger partial charge in [-0.1, -0.05) is 11.3 Å². The zero-order valence-electron chi connectivity index (χ0n) is 18.7. The first-order valence-electron chi connectivity index (χ1n) is 11.3. The number of halogens is 1. The minimum atomic E-state index is -0.274. The summed E-state index contributed by atoms with van der Waals surface area (Å²) in [4.78, 5) is 8.15. The van der Waals surface area contributed by atoms with E-state index < -0.39 is 0 Å². The molecule has 35 heavy (non-hydrogen) atoms. The summed E-state index contributed by atoms with van der Waals surface area (Å²) >= 11 is 3.14. The van der Waals surface area contributed by atoms with Gasteiger partial charge in [-0.2, -0.15) is 9.61 Å². The maximum absolute atomic E-state index is 13.3. The number of aromatic nitrogens is 5. The van der Waals surface area contributed by atoms with Crippen molar-refractivity contribution in [2.24, 2.45) is 0 Å². The van der Waals surface area contributed by atoms with Crippen LogP contribution < -0.4 is 5.32 Å². The van der Waals surface area contributed by atoms with Crippen molar-refractivity contribution in [2.75, 3.05) is 44.7 Å². The van der Waals surface area contributed by atoms with Crippen molar-refractivity contribution in [3.8, 4) is 11.3 Å². The third-order valence-electron chi connectivity index (χ3n) is 5.75. The maximum atomic E-state index is 13.3. The van der Waals surface area contributed by atoms with E-state index in [9.17, 15) is 4.39 Å². The standard InChI is InChI=1S/C24H22FN7OS2/c25-17-3-1-16(2-4-17)19-7-8-22-28-29-24(32(22)30-19)34-18-5-6-20-21(15-18)35-23(27-20)26-9-10-31-11-13-33-14-12-31/h1-8,15H,9-14H2,(H,26,27). The summed E-state index contributed by atoms with van der Waals surface area (Å²) in [6.07, 6.45) is 0. The first-order chi connectivity index (χ1) is 17.2. The maximum Gasteiger partial charge on any atom is 0.217 e. The monoisotopic (exact) mass is 507 g/mol. The highest BCUT2D eigenvalue weighted by Gasteiger charge is 2.13. The molecule has 0 saturated carbocycles. The molecule has 5 aromatic rings. The first kappa shape index (κ1) is 22.4. The molecule has 1 N–H and O–H groups in total. The lowest BCUT2D eigenvalue weighted by atomic mass is 10.1. The second-order valence-electron chi connectivity index (χ2n) is 8.11. The second-order valence-corrected chi connectivity index (χ2v) is 10.2. The molecule has 1 fully saturated rings. The number of ether oxygens (including phenoxy) is 1. The van der Waals surface area contributed by atoms with Gasteiger partial charge in [0.1, 0.15) is 5.82 Å². The number of fused-ring (bicyclic) bond motifs is 2. The number of rotatable bonds is 7. The Morgan fingerprint density at radius 3 is 2.74 bits per heavy atom. The highest BCUT2D eigenvalue weighted by atomic mass is 32.2. The van der Waals surface area contributed by atoms with Crippen LogP contribution in [0.5, 0.6) is 0 Å². The van der Waals surface area contributed by atoms with Crippen molar-refractivity contribution in [2.45, 2.75) is 10.1 Å². The molecule has 11 heteroatoms. The zero-order chi connectivity index (χ0) is 23.6. The van der Waals surface area contributed by atoms with Gasteiger partial charge in [-0.3, -0.25) is 4.90 Å². The lowest BCUT2D eigenvalue weighted by Gasteiger charge is -2.26. The molecule has 3 aromatic heterocycles. The van der Waals surface area contributed by atoms with E-state index in [2.05, 4.69) is 31.6 Å². The van der Waals surface area contributed by atoms with Crippen LogP contribution in [0.15, 0.2) is 64.6 Å². The van der Waals surface area contributed by atoms with E-state index in [4.69, 9.17) is 9.72 Å². The van der Waals surface area contributed by atoms with Gasteiger partial charge in [-0.25, -0.2) is 9.37 Å². The average Bonchev–Trinajstić information content (AvgIpc) is 3.48. The van der Waals surface area contributed by atoms with Crippen molar-refractivity contribution in [1.82, 2.24) is 29.7 Å². The average molecular weight is 508 g/mol. The smallest absolute Gasteiger partial charge is 0.217 e. The molecule has 0 spiro atoms. The largest absolute Gasteiger partial charge is 0.379 e. The van der Waals surface area contributed by atoms with E-state index in [1.165, 1.54) is 23.9 Å². The Balaban J connectivity index is 1.18. The molecule has 0 radical (unpaired) electrons. The first-order valence-corrected chi connectivity index (χ1v) is 13.0. The topological polar surface area (TPSA) is 80.5 Å². The highest BCUT2D eigenvalue weighted by Crippen LogP contribution is 2.33. The molecule has 0 unspecified atom stereocenters. The van der Waals surface area contributed by atoms with Gasteiger partial charge in [0.25, 0.3) is 0 Å². The molecule has 0 bridgehead atoms. The fourth-order valence-corrected chi connectivity index (χ4v) is 5.73. The molecule has 2 aromatic carbocycles. The van der Waals surface area contributed by atoms with Crippen LogP contribution in [0.2, 0.25) is 0 Å². The molecule has 4 heterocycles. The Kier molecular flexibility index (Phi) is 6.30. The molecule has 1 aliphatic rings. The number of hydrogen-bond donors (Lipinski definition) is 1. The summed E-state index contributed by atoms with van der Waals surface area (Å²) in [5.74, 6) is -0.274. The Morgan fingerprint density at radius 2 is 1.89 bits per heavy atom. The summed E-state index contributed by atoms with van der Waals surface area (Å²) < 4.78 is 21.5. The molecule has 178 valence electrons. The van der Waals surface area contributed by atoms with Crippen LogP contribution in [-0.4, -0.2) is 69.1 Å². The van der Waals surface area contributed by atoms with Crippen molar-refractivity contribution in [3.05, 3.63) is 60.4 Å². The van der Waals surface area contributed by atoms with Gasteiger partial charge in [0.2, 0.25) is 5.16 Å². The lowest BCUT2D eigenvalue weighted by Crippen LogP contribution is -2.38. The Hall–Kier alpha value is -3.12. The van der Waals surface area contributed by atoms with Crippen molar-refractivity contribution < 1.29 is 9.13 Å². The van der Waals surface area contributed by atoms with E-state index in [1.54, 1.807) is 28.0 Å². The molecule has 1 aliphatic heterocycles. The van der Waals surface area contributed by atoms with Gasteiger partial charge >= 0.3 is 0 Å². The molecule has 6 rings (SSSR count).